The predicted molar refractivity (Wildman–Crippen MR) is 102 cm³/mol. The van der Waals surface area contributed by atoms with Crippen LogP contribution in [0.2, 0.25) is 5.02 Å². The molecular weight excluding hydrogens is 348 g/mol. The van der Waals surface area contributed by atoms with Gasteiger partial charge < -0.3 is 4.90 Å². The molecule has 0 unspecified atom stereocenters. The maximum absolute atomic E-state index is 13.0. The van der Waals surface area contributed by atoms with E-state index in [0.717, 1.165) is 24.1 Å². The molecule has 0 aliphatic heterocycles. The number of aryl methyl sites for hydroxylation is 1. The second-order valence-corrected chi connectivity index (χ2v) is 6.45. The molecule has 1 amide bonds. The molecule has 0 saturated carbocycles. The quantitative estimate of drug-likeness (QED) is 0.636. The number of hydrogen-bond donors (Lipinski definition) is 0. The van der Waals surface area contributed by atoms with E-state index in [4.69, 9.17) is 11.6 Å². The first-order valence-electron chi connectivity index (χ1n) is 8.62. The summed E-state index contributed by atoms with van der Waals surface area (Å²) >= 11 is 5.95. The SMILES string of the molecule is CCn1ccc(C(=O)N(CCc2ccc(Cl)cc2)Cc2ccncc2)n1. The third kappa shape index (κ3) is 4.70. The molecule has 134 valence electrons. The molecule has 26 heavy (non-hydrogen) atoms. The molecule has 3 rings (SSSR count). The highest BCUT2D eigenvalue weighted by atomic mass is 35.5. The molecule has 6 heteroatoms. The number of carbonyl (C=O) groups is 1. The molecule has 0 spiro atoms. The number of aromatic nitrogens is 3. The molecule has 0 aliphatic carbocycles. The van der Waals surface area contributed by atoms with E-state index in [1.54, 1.807) is 23.1 Å². The Morgan fingerprint density at radius 1 is 1.08 bits per heavy atom. The first-order valence-corrected chi connectivity index (χ1v) is 8.99. The molecule has 0 radical (unpaired) electrons. The van der Waals surface area contributed by atoms with Gasteiger partial charge in [-0.1, -0.05) is 23.7 Å². The van der Waals surface area contributed by atoms with E-state index in [2.05, 4.69) is 10.1 Å². The van der Waals surface area contributed by atoms with Gasteiger partial charge in [-0.15, -0.1) is 0 Å². The summed E-state index contributed by atoms with van der Waals surface area (Å²) in [6.45, 7) is 3.86. The van der Waals surface area contributed by atoms with Gasteiger partial charge in [0, 0.05) is 43.2 Å². The van der Waals surface area contributed by atoms with Crippen molar-refractivity contribution in [1.29, 1.82) is 0 Å². The van der Waals surface area contributed by atoms with Gasteiger partial charge in [-0.05, 0) is 54.8 Å². The van der Waals surface area contributed by atoms with Gasteiger partial charge >= 0.3 is 0 Å². The number of pyridine rings is 1. The molecular formula is C20H21ClN4O. The molecule has 2 heterocycles. The van der Waals surface area contributed by atoms with Crippen molar-refractivity contribution < 1.29 is 4.79 Å². The average molecular weight is 369 g/mol. The maximum Gasteiger partial charge on any atom is 0.274 e. The van der Waals surface area contributed by atoms with Crippen LogP contribution in [0.1, 0.15) is 28.5 Å². The van der Waals surface area contributed by atoms with E-state index in [1.807, 2.05) is 54.4 Å². The number of hydrogen-bond acceptors (Lipinski definition) is 3. The highest BCUT2D eigenvalue weighted by molar-refractivity contribution is 6.30. The lowest BCUT2D eigenvalue weighted by Gasteiger charge is -2.22. The largest absolute Gasteiger partial charge is 0.333 e. The summed E-state index contributed by atoms with van der Waals surface area (Å²) in [7, 11) is 0. The molecule has 2 aromatic heterocycles. The van der Waals surface area contributed by atoms with Crippen LogP contribution in [-0.4, -0.2) is 32.1 Å². The van der Waals surface area contributed by atoms with Gasteiger partial charge in [-0.3, -0.25) is 14.5 Å². The Kier molecular flexibility index (Phi) is 6.02. The fourth-order valence-electron chi connectivity index (χ4n) is 2.69. The maximum atomic E-state index is 13.0. The summed E-state index contributed by atoms with van der Waals surface area (Å²) in [5.41, 5.74) is 2.65. The molecule has 0 fully saturated rings. The number of benzene rings is 1. The van der Waals surface area contributed by atoms with Gasteiger partial charge in [-0.25, -0.2) is 0 Å². The van der Waals surface area contributed by atoms with E-state index >= 15 is 0 Å². The molecule has 0 bridgehead atoms. The van der Waals surface area contributed by atoms with Crippen molar-refractivity contribution in [3.63, 3.8) is 0 Å². The number of carbonyl (C=O) groups excluding carboxylic acids is 1. The van der Waals surface area contributed by atoms with Gasteiger partial charge in [0.05, 0.1) is 0 Å². The number of halogens is 1. The minimum atomic E-state index is -0.0667. The summed E-state index contributed by atoms with van der Waals surface area (Å²) in [5, 5.41) is 5.07. The lowest BCUT2D eigenvalue weighted by atomic mass is 10.1. The van der Waals surface area contributed by atoms with Crippen LogP contribution < -0.4 is 0 Å². The van der Waals surface area contributed by atoms with E-state index in [1.165, 1.54) is 0 Å². The highest BCUT2D eigenvalue weighted by Gasteiger charge is 2.18. The van der Waals surface area contributed by atoms with Gasteiger partial charge in [0.25, 0.3) is 5.91 Å². The minimum absolute atomic E-state index is 0.0667. The molecule has 5 nitrogen and oxygen atoms in total. The van der Waals surface area contributed by atoms with E-state index in [9.17, 15) is 4.79 Å². The first-order chi connectivity index (χ1) is 12.7. The third-order valence-corrected chi connectivity index (χ3v) is 4.43. The normalized spacial score (nSPS) is 10.7. The highest BCUT2D eigenvalue weighted by Crippen LogP contribution is 2.13. The van der Waals surface area contributed by atoms with Crippen molar-refractivity contribution in [1.82, 2.24) is 19.7 Å². The number of rotatable bonds is 7. The van der Waals surface area contributed by atoms with Crippen LogP contribution >= 0.6 is 11.6 Å². The Morgan fingerprint density at radius 3 is 2.46 bits per heavy atom. The zero-order chi connectivity index (χ0) is 18.4. The Morgan fingerprint density at radius 2 is 1.81 bits per heavy atom. The van der Waals surface area contributed by atoms with Crippen LogP contribution in [0, 0.1) is 0 Å². The number of nitrogens with zero attached hydrogens (tertiary/aromatic N) is 4. The van der Waals surface area contributed by atoms with Crippen LogP contribution in [-0.2, 0) is 19.5 Å². The van der Waals surface area contributed by atoms with Crippen LogP contribution in [0.5, 0.6) is 0 Å². The van der Waals surface area contributed by atoms with Crippen LogP contribution in [0.15, 0.2) is 61.1 Å². The molecule has 0 saturated heterocycles. The van der Waals surface area contributed by atoms with Crippen molar-refractivity contribution in [3.8, 4) is 0 Å². The molecule has 3 aromatic rings. The second-order valence-electron chi connectivity index (χ2n) is 6.02. The standard InChI is InChI=1S/C20H21ClN4O/c1-2-25-14-10-19(23-25)20(26)24(15-17-7-11-22-12-8-17)13-9-16-3-5-18(21)6-4-16/h3-8,10-12,14H,2,9,13,15H2,1H3. The summed E-state index contributed by atoms with van der Waals surface area (Å²) in [6, 6.07) is 13.3. The lowest BCUT2D eigenvalue weighted by Crippen LogP contribution is -2.33. The minimum Gasteiger partial charge on any atom is -0.333 e. The zero-order valence-corrected chi connectivity index (χ0v) is 15.4. The second kappa shape index (κ2) is 8.63. The van der Waals surface area contributed by atoms with Crippen molar-refractivity contribution in [2.45, 2.75) is 26.4 Å². The van der Waals surface area contributed by atoms with Crippen molar-refractivity contribution in [2.24, 2.45) is 0 Å². The van der Waals surface area contributed by atoms with E-state index in [0.29, 0.717) is 23.8 Å². The fraction of sp³-hybridized carbons (Fsp3) is 0.250. The summed E-state index contributed by atoms with van der Waals surface area (Å²) in [5.74, 6) is -0.0667. The summed E-state index contributed by atoms with van der Waals surface area (Å²) in [6.07, 6.45) is 6.06. The molecule has 0 N–H and O–H groups in total. The monoisotopic (exact) mass is 368 g/mol. The van der Waals surface area contributed by atoms with Gasteiger partial charge in [0.1, 0.15) is 5.69 Å². The topological polar surface area (TPSA) is 51.0 Å². The lowest BCUT2D eigenvalue weighted by molar-refractivity contribution is 0.0738. The van der Waals surface area contributed by atoms with Crippen LogP contribution in [0.3, 0.4) is 0 Å². The Bertz CT molecular complexity index is 846. The van der Waals surface area contributed by atoms with Crippen LogP contribution in [0.4, 0.5) is 0 Å². The van der Waals surface area contributed by atoms with Crippen LogP contribution in [0.25, 0.3) is 0 Å². The Hall–Kier alpha value is -2.66. The van der Waals surface area contributed by atoms with Gasteiger partial charge in [0.2, 0.25) is 0 Å². The summed E-state index contributed by atoms with van der Waals surface area (Å²) < 4.78 is 1.76. The molecule has 1 aromatic carbocycles. The van der Waals surface area contributed by atoms with E-state index in [-0.39, 0.29) is 5.91 Å². The molecule has 0 atom stereocenters. The predicted octanol–water partition coefficient (Wildman–Crippen LogP) is 3.84. The van der Waals surface area contributed by atoms with E-state index < -0.39 is 0 Å². The summed E-state index contributed by atoms with van der Waals surface area (Å²) in [4.78, 5) is 18.8. The smallest absolute Gasteiger partial charge is 0.274 e. The van der Waals surface area contributed by atoms with Gasteiger partial charge in [-0.2, -0.15) is 5.10 Å². The Balaban J connectivity index is 1.76. The zero-order valence-electron chi connectivity index (χ0n) is 14.7. The van der Waals surface area contributed by atoms with Gasteiger partial charge in [0.15, 0.2) is 0 Å². The van der Waals surface area contributed by atoms with Crippen molar-refractivity contribution in [2.75, 3.05) is 6.54 Å². The first kappa shape index (κ1) is 18.1. The van der Waals surface area contributed by atoms with Crippen molar-refractivity contribution >= 4 is 17.5 Å². The Labute approximate surface area is 158 Å². The third-order valence-electron chi connectivity index (χ3n) is 4.18. The molecule has 0 aliphatic rings. The average Bonchev–Trinajstić information content (AvgIpc) is 3.16. The number of amides is 1. The van der Waals surface area contributed by atoms with Crippen molar-refractivity contribution in [3.05, 3.63) is 82.9 Å². The fourth-order valence-corrected chi connectivity index (χ4v) is 2.82.